The van der Waals surface area contributed by atoms with E-state index in [-0.39, 0.29) is 24.4 Å². The molecule has 5 nitrogen and oxygen atoms in total. The summed E-state index contributed by atoms with van der Waals surface area (Å²) in [6.07, 6.45) is 3.96. The molecule has 1 aliphatic rings. The van der Waals surface area contributed by atoms with Crippen molar-refractivity contribution in [3.05, 3.63) is 64.7 Å². The summed E-state index contributed by atoms with van der Waals surface area (Å²) in [6.45, 7) is 0.217. The minimum Gasteiger partial charge on any atom is -0.333 e. The number of benzene rings is 1. The van der Waals surface area contributed by atoms with Gasteiger partial charge in [-0.05, 0) is 30.2 Å². The second-order valence-electron chi connectivity index (χ2n) is 5.31. The minimum absolute atomic E-state index is 0.104. The third-order valence-electron chi connectivity index (χ3n) is 3.60. The van der Waals surface area contributed by atoms with Crippen molar-refractivity contribution in [2.24, 2.45) is 0 Å². The van der Waals surface area contributed by atoms with Gasteiger partial charge in [-0.1, -0.05) is 23.7 Å². The van der Waals surface area contributed by atoms with Gasteiger partial charge in [0.2, 0.25) is 0 Å². The largest absolute Gasteiger partial charge is 0.338 e. The molecule has 23 heavy (non-hydrogen) atoms. The van der Waals surface area contributed by atoms with Crippen LogP contribution in [0.15, 0.2) is 42.7 Å². The molecule has 1 fully saturated rings. The van der Waals surface area contributed by atoms with E-state index in [4.69, 9.17) is 16.4 Å². The number of nitrogens with zero attached hydrogens (tertiary/aromatic N) is 1. The number of carbonyl (C=O) groups is 1. The predicted octanol–water partition coefficient (Wildman–Crippen LogP) is 3.16. The van der Waals surface area contributed by atoms with Crippen molar-refractivity contribution in [1.82, 2.24) is 15.8 Å². The second kappa shape index (κ2) is 6.93. The SMILES string of the molecule is O=C(NOCc1cccnc1)N[C@H]1C[C@@H]1c1c(F)cccc1Cl. The van der Waals surface area contributed by atoms with Crippen molar-refractivity contribution in [2.45, 2.75) is 25.0 Å². The van der Waals surface area contributed by atoms with E-state index in [1.54, 1.807) is 30.6 Å². The fourth-order valence-electron chi connectivity index (χ4n) is 2.40. The smallest absolute Gasteiger partial charge is 0.333 e. The topological polar surface area (TPSA) is 63.2 Å². The van der Waals surface area contributed by atoms with Crippen LogP contribution in [0.25, 0.3) is 0 Å². The summed E-state index contributed by atoms with van der Waals surface area (Å²) < 4.78 is 13.8. The lowest BCUT2D eigenvalue weighted by atomic mass is 10.1. The number of hydrogen-bond acceptors (Lipinski definition) is 3. The first kappa shape index (κ1) is 15.7. The van der Waals surface area contributed by atoms with Crippen LogP contribution < -0.4 is 10.8 Å². The zero-order valence-corrected chi connectivity index (χ0v) is 12.9. The summed E-state index contributed by atoms with van der Waals surface area (Å²) in [5.74, 6) is -0.451. The van der Waals surface area contributed by atoms with Gasteiger partial charge in [-0.25, -0.2) is 14.7 Å². The first-order chi connectivity index (χ1) is 11.1. The third kappa shape index (κ3) is 3.97. The molecular formula is C16H15ClFN3O2. The molecule has 2 atom stereocenters. The van der Waals surface area contributed by atoms with E-state index in [0.717, 1.165) is 5.56 Å². The maximum absolute atomic E-state index is 13.8. The van der Waals surface area contributed by atoms with Gasteiger partial charge in [-0.3, -0.25) is 9.82 Å². The highest BCUT2D eigenvalue weighted by Crippen LogP contribution is 2.44. The lowest BCUT2D eigenvalue weighted by Gasteiger charge is -2.08. The summed E-state index contributed by atoms with van der Waals surface area (Å²) in [5, 5.41) is 3.11. The average Bonchev–Trinajstić information content (AvgIpc) is 3.27. The monoisotopic (exact) mass is 335 g/mol. The van der Waals surface area contributed by atoms with E-state index in [2.05, 4.69) is 15.8 Å². The van der Waals surface area contributed by atoms with Crippen LogP contribution >= 0.6 is 11.6 Å². The minimum atomic E-state index is -0.464. The van der Waals surface area contributed by atoms with Crippen LogP contribution in [0.2, 0.25) is 5.02 Å². The molecule has 1 saturated carbocycles. The van der Waals surface area contributed by atoms with Gasteiger partial charge >= 0.3 is 6.03 Å². The average molecular weight is 336 g/mol. The summed E-state index contributed by atoms with van der Waals surface area (Å²) >= 11 is 6.02. The summed E-state index contributed by atoms with van der Waals surface area (Å²) in [6, 6.07) is 7.58. The van der Waals surface area contributed by atoms with Crippen LogP contribution in [-0.2, 0) is 11.4 Å². The molecule has 7 heteroatoms. The van der Waals surface area contributed by atoms with Gasteiger partial charge in [0.05, 0.1) is 0 Å². The van der Waals surface area contributed by atoms with Crippen LogP contribution in [0.3, 0.4) is 0 Å². The number of hydrogen-bond donors (Lipinski definition) is 2. The van der Waals surface area contributed by atoms with Crippen molar-refractivity contribution in [3.63, 3.8) is 0 Å². The van der Waals surface area contributed by atoms with Gasteiger partial charge in [0, 0.05) is 34.9 Å². The molecule has 0 radical (unpaired) electrons. The summed E-state index contributed by atoms with van der Waals surface area (Å²) in [4.78, 5) is 20.8. The van der Waals surface area contributed by atoms with Gasteiger partial charge in [-0.15, -0.1) is 0 Å². The molecular weight excluding hydrogens is 321 g/mol. The number of halogens is 2. The molecule has 1 aliphatic carbocycles. The predicted molar refractivity (Wildman–Crippen MR) is 83.2 cm³/mol. The Morgan fingerprint density at radius 3 is 3.00 bits per heavy atom. The van der Waals surface area contributed by atoms with Crippen molar-refractivity contribution in [2.75, 3.05) is 0 Å². The molecule has 1 aromatic heterocycles. The highest BCUT2D eigenvalue weighted by Gasteiger charge is 2.42. The normalized spacial score (nSPS) is 19.2. The molecule has 1 aromatic carbocycles. The van der Waals surface area contributed by atoms with Crippen molar-refractivity contribution >= 4 is 17.6 Å². The van der Waals surface area contributed by atoms with Crippen molar-refractivity contribution in [1.29, 1.82) is 0 Å². The van der Waals surface area contributed by atoms with Gasteiger partial charge in [0.25, 0.3) is 0 Å². The molecule has 2 amide bonds. The number of carbonyl (C=O) groups excluding carboxylic acids is 1. The van der Waals surface area contributed by atoms with Crippen molar-refractivity contribution in [3.8, 4) is 0 Å². The fraction of sp³-hybridized carbons (Fsp3) is 0.250. The molecule has 0 bridgehead atoms. The zero-order valence-electron chi connectivity index (χ0n) is 12.1. The van der Waals surface area contributed by atoms with E-state index in [1.165, 1.54) is 6.07 Å². The third-order valence-corrected chi connectivity index (χ3v) is 3.93. The molecule has 0 saturated heterocycles. The van der Waals surface area contributed by atoms with E-state index < -0.39 is 6.03 Å². The number of rotatable bonds is 5. The molecule has 0 aliphatic heterocycles. The lowest BCUT2D eigenvalue weighted by Crippen LogP contribution is -2.37. The number of amides is 2. The van der Waals surface area contributed by atoms with Crippen LogP contribution in [0.4, 0.5) is 9.18 Å². The highest BCUT2D eigenvalue weighted by molar-refractivity contribution is 6.31. The first-order valence-corrected chi connectivity index (χ1v) is 7.54. The zero-order chi connectivity index (χ0) is 16.2. The van der Waals surface area contributed by atoms with E-state index in [9.17, 15) is 9.18 Å². The molecule has 0 spiro atoms. The Morgan fingerprint density at radius 1 is 1.39 bits per heavy atom. The Hall–Kier alpha value is -2.18. The van der Waals surface area contributed by atoms with E-state index >= 15 is 0 Å². The van der Waals surface area contributed by atoms with Crippen LogP contribution in [0.1, 0.15) is 23.5 Å². The molecule has 2 aromatic rings. The number of urea groups is 1. The molecule has 2 N–H and O–H groups in total. The fourth-order valence-corrected chi connectivity index (χ4v) is 2.71. The highest BCUT2D eigenvalue weighted by atomic mass is 35.5. The molecule has 0 unspecified atom stereocenters. The Morgan fingerprint density at radius 2 is 2.26 bits per heavy atom. The van der Waals surface area contributed by atoms with Gasteiger partial charge in [-0.2, -0.15) is 0 Å². The number of nitrogens with one attached hydrogen (secondary N) is 2. The quantitative estimate of drug-likeness (QED) is 0.825. The Labute approximate surface area is 137 Å². The molecule has 3 rings (SSSR count). The van der Waals surface area contributed by atoms with Crippen LogP contribution in [0, 0.1) is 5.82 Å². The maximum Gasteiger partial charge on any atom is 0.338 e. The Balaban J connectivity index is 1.45. The van der Waals surface area contributed by atoms with Crippen LogP contribution in [-0.4, -0.2) is 17.1 Å². The molecule has 120 valence electrons. The summed E-state index contributed by atoms with van der Waals surface area (Å²) in [5.41, 5.74) is 3.60. The summed E-state index contributed by atoms with van der Waals surface area (Å²) in [7, 11) is 0. The van der Waals surface area contributed by atoms with Crippen molar-refractivity contribution < 1.29 is 14.0 Å². The standard InChI is InChI=1S/C16H15ClFN3O2/c17-12-4-1-5-13(18)15(12)11-7-14(11)20-16(22)21-23-9-10-3-2-6-19-8-10/h1-6,8,11,14H,7,9H2,(H2,20,21,22)/t11-,14-/m0/s1. The van der Waals surface area contributed by atoms with E-state index in [0.29, 0.717) is 17.0 Å². The lowest BCUT2D eigenvalue weighted by molar-refractivity contribution is 0.0488. The Bertz CT molecular complexity index is 679. The van der Waals surface area contributed by atoms with Crippen LogP contribution in [0.5, 0.6) is 0 Å². The van der Waals surface area contributed by atoms with Gasteiger partial charge < -0.3 is 5.32 Å². The first-order valence-electron chi connectivity index (χ1n) is 7.16. The Kier molecular flexibility index (Phi) is 4.73. The van der Waals surface area contributed by atoms with Gasteiger partial charge in [0.1, 0.15) is 12.4 Å². The number of aromatic nitrogens is 1. The number of pyridine rings is 1. The maximum atomic E-state index is 13.8. The van der Waals surface area contributed by atoms with E-state index in [1.807, 2.05) is 6.07 Å². The second-order valence-corrected chi connectivity index (χ2v) is 5.72. The number of hydroxylamine groups is 1. The molecule has 1 heterocycles. The van der Waals surface area contributed by atoms with Gasteiger partial charge in [0.15, 0.2) is 0 Å².